The summed E-state index contributed by atoms with van der Waals surface area (Å²) in [5, 5.41) is 18.9. The molecule has 1 aromatic carbocycles. The summed E-state index contributed by atoms with van der Waals surface area (Å²) in [6.45, 7) is 0. The van der Waals surface area contributed by atoms with Crippen molar-refractivity contribution in [1.82, 2.24) is 10.2 Å². The van der Waals surface area contributed by atoms with Gasteiger partial charge in [0.15, 0.2) is 0 Å². The van der Waals surface area contributed by atoms with E-state index < -0.39 is 0 Å². The molecule has 0 fully saturated rings. The fourth-order valence-electron chi connectivity index (χ4n) is 2.96. The SMILES string of the molecule is COc1ccc(-c2[nH]nc3c2C(c2cccs2)C(C#N)=C(N)O3)cc1. The summed E-state index contributed by atoms with van der Waals surface area (Å²) in [5.74, 6) is 0.969. The standard InChI is InChI=1S/C18H14N4O2S/c1-23-11-6-4-10(5-7-11)16-15-14(13-3-2-8-25-13)12(9-19)17(20)24-18(15)22-21-16/h2-8,14H,20H2,1H3,(H,21,22). The van der Waals surface area contributed by atoms with Gasteiger partial charge >= 0.3 is 0 Å². The van der Waals surface area contributed by atoms with E-state index in [9.17, 15) is 5.26 Å². The van der Waals surface area contributed by atoms with Crippen molar-refractivity contribution < 1.29 is 9.47 Å². The Labute approximate surface area is 148 Å². The average molecular weight is 350 g/mol. The summed E-state index contributed by atoms with van der Waals surface area (Å²) in [4.78, 5) is 1.01. The zero-order valence-corrected chi connectivity index (χ0v) is 14.1. The number of fused-ring (bicyclic) bond motifs is 1. The number of nitrogens with one attached hydrogen (secondary N) is 1. The van der Waals surface area contributed by atoms with Crippen LogP contribution >= 0.6 is 11.3 Å². The summed E-state index contributed by atoms with van der Waals surface area (Å²) in [6.07, 6.45) is 0. The third-order valence-electron chi connectivity index (χ3n) is 4.15. The lowest BCUT2D eigenvalue weighted by atomic mass is 9.87. The van der Waals surface area contributed by atoms with E-state index in [0.717, 1.165) is 27.4 Å². The van der Waals surface area contributed by atoms with Gasteiger partial charge in [0.05, 0.1) is 24.3 Å². The van der Waals surface area contributed by atoms with Gasteiger partial charge in [0.25, 0.3) is 0 Å². The molecule has 1 aliphatic heterocycles. The number of methoxy groups -OCH3 is 1. The largest absolute Gasteiger partial charge is 0.497 e. The molecule has 0 bridgehead atoms. The van der Waals surface area contributed by atoms with Crippen LogP contribution in [0.2, 0.25) is 0 Å². The molecule has 3 aromatic rings. The van der Waals surface area contributed by atoms with Gasteiger partial charge < -0.3 is 15.2 Å². The van der Waals surface area contributed by atoms with Crippen molar-refractivity contribution in [2.45, 2.75) is 5.92 Å². The van der Waals surface area contributed by atoms with Crippen LogP contribution in [0.15, 0.2) is 53.2 Å². The summed E-state index contributed by atoms with van der Waals surface area (Å²) >= 11 is 1.57. The van der Waals surface area contributed by atoms with Crippen LogP contribution < -0.4 is 15.2 Å². The third-order valence-corrected chi connectivity index (χ3v) is 5.08. The van der Waals surface area contributed by atoms with Crippen LogP contribution in [0.5, 0.6) is 11.6 Å². The normalized spacial score (nSPS) is 16.1. The predicted molar refractivity (Wildman–Crippen MR) is 94.2 cm³/mol. The van der Waals surface area contributed by atoms with E-state index in [1.165, 1.54) is 0 Å². The first-order valence-corrected chi connectivity index (χ1v) is 8.44. The molecule has 0 saturated carbocycles. The highest BCUT2D eigenvalue weighted by Crippen LogP contribution is 2.46. The van der Waals surface area contributed by atoms with E-state index in [1.54, 1.807) is 18.4 Å². The molecule has 6 nitrogen and oxygen atoms in total. The molecular formula is C18H14N4O2S. The number of aromatic amines is 1. The maximum Gasteiger partial charge on any atom is 0.244 e. The van der Waals surface area contributed by atoms with Crippen LogP contribution in [-0.2, 0) is 0 Å². The van der Waals surface area contributed by atoms with Crippen molar-refractivity contribution in [2.75, 3.05) is 7.11 Å². The Morgan fingerprint density at radius 3 is 2.76 bits per heavy atom. The second kappa shape index (κ2) is 6.00. The lowest BCUT2D eigenvalue weighted by Gasteiger charge is -2.22. The number of nitrogens with two attached hydrogens (primary N) is 1. The van der Waals surface area contributed by atoms with Gasteiger partial charge in [-0.1, -0.05) is 6.07 Å². The molecule has 7 heteroatoms. The van der Waals surface area contributed by atoms with E-state index in [4.69, 9.17) is 15.2 Å². The van der Waals surface area contributed by atoms with Gasteiger partial charge in [-0.05, 0) is 35.7 Å². The second-order valence-corrected chi connectivity index (χ2v) is 6.47. The van der Waals surface area contributed by atoms with Crippen molar-refractivity contribution >= 4 is 11.3 Å². The van der Waals surface area contributed by atoms with Crippen LogP contribution in [0.4, 0.5) is 0 Å². The number of allylic oxidation sites excluding steroid dienone is 1. The molecule has 4 rings (SSSR count). The minimum atomic E-state index is -0.301. The van der Waals surface area contributed by atoms with Crippen molar-refractivity contribution in [3.8, 4) is 29.0 Å². The molecule has 3 heterocycles. The predicted octanol–water partition coefficient (Wildman–Crippen LogP) is 3.36. The van der Waals surface area contributed by atoms with E-state index in [1.807, 2.05) is 41.8 Å². The quantitative estimate of drug-likeness (QED) is 0.755. The molecule has 0 saturated heterocycles. The van der Waals surface area contributed by atoms with Gasteiger partial charge in [0.2, 0.25) is 11.8 Å². The smallest absolute Gasteiger partial charge is 0.244 e. The van der Waals surface area contributed by atoms with Crippen LogP contribution in [0, 0.1) is 11.3 Å². The molecule has 1 aliphatic rings. The number of H-pyrrole nitrogens is 1. The summed E-state index contributed by atoms with van der Waals surface area (Å²) in [7, 11) is 1.63. The fourth-order valence-corrected chi connectivity index (χ4v) is 3.81. The Balaban J connectivity index is 1.90. The zero-order chi connectivity index (χ0) is 17.4. The lowest BCUT2D eigenvalue weighted by Crippen LogP contribution is -2.20. The monoisotopic (exact) mass is 350 g/mol. The molecule has 1 unspecified atom stereocenters. The van der Waals surface area contributed by atoms with Gasteiger partial charge in [-0.3, -0.25) is 5.10 Å². The Morgan fingerprint density at radius 2 is 2.12 bits per heavy atom. The van der Waals surface area contributed by atoms with E-state index in [-0.39, 0.29) is 11.8 Å². The molecule has 124 valence electrons. The first-order chi connectivity index (χ1) is 12.2. The molecule has 1 atom stereocenters. The molecule has 0 amide bonds. The van der Waals surface area contributed by atoms with Gasteiger partial charge in [-0.25, -0.2) is 0 Å². The highest BCUT2D eigenvalue weighted by molar-refractivity contribution is 7.10. The van der Waals surface area contributed by atoms with Gasteiger partial charge in [0, 0.05) is 10.4 Å². The lowest BCUT2D eigenvalue weighted by molar-refractivity contribution is 0.379. The van der Waals surface area contributed by atoms with Gasteiger partial charge in [0.1, 0.15) is 17.4 Å². The maximum atomic E-state index is 9.61. The summed E-state index contributed by atoms with van der Waals surface area (Å²) < 4.78 is 10.8. The van der Waals surface area contributed by atoms with Crippen LogP contribution in [0.3, 0.4) is 0 Å². The number of nitriles is 1. The van der Waals surface area contributed by atoms with E-state index in [2.05, 4.69) is 16.3 Å². The van der Waals surface area contributed by atoms with Crippen LogP contribution in [-0.4, -0.2) is 17.3 Å². The number of hydrogen-bond acceptors (Lipinski definition) is 6. The topological polar surface area (TPSA) is 97.0 Å². The van der Waals surface area contributed by atoms with Crippen LogP contribution in [0.1, 0.15) is 16.4 Å². The fraction of sp³-hybridized carbons (Fsp3) is 0.111. The summed E-state index contributed by atoms with van der Waals surface area (Å²) in [6, 6.07) is 13.8. The number of hydrogen-bond donors (Lipinski definition) is 2. The Kier molecular flexibility index (Phi) is 3.67. The Hall–Kier alpha value is -3.24. The minimum Gasteiger partial charge on any atom is -0.497 e. The number of aromatic nitrogens is 2. The Bertz CT molecular complexity index is 981. The minimum absolute atomic E-state index is 0.0983. The average Bonchev–Trinajstić information content (AvgIpc) is 3.30. The highest BCUT2D eigenvalue weighted by Gasteiger charge is 2.36. The molecule has 0 spiro atoms. The zero-order valence-electron chi connectivity index (χ0n) is 13.3. The molecule has 25 heavy (non-hydrogen) atoms. The number of nitrogens with zero attached hydrogens (tertiary/aromatic N) is 2. The first kappa shape index (κ1) is 15.3. The Morgan fingerprint density at radius 1 is 1.32 bits per heavy atom. The second-order valence-electron chi connectivity index (χ2n) is 5.49. The van der Waals surface area contributed by atoms with Gasteiger partial charge in [-0.2, -0.15) is 5.26 Å². The van der Waals surface area contributed by atoms with E-state index >= 15 is 0 Å². The van der Waals surface area contributed by atoms with Crippen LogP contribution in [0.25, 0.3) is 11.3 Å². The number of ether oxygens (including phenoxy) is 2. The third kappa shape index (κ3) is 2.44. The first-order valence-electron chi connectivity index (χ1n) is 7.56. The molecular weight excluding hydrogens is 336 g/mol. The van der Waals surface area contributed by atoms with Crippen molar-refractivity contribution in [1.29, 1.82) is 5.26 Å². The van der Waals surface area contributed by atoms with E-state index in [0.29, 0.717) is 11.5 Å². The number of rotatable bonds is 3. The molecule has 3 N–H and O–H groups in total. The van der Waals surface area contributed by atoms with Crippen molar-refractivity contribution in [3.63, 3.8) is 0 Å². The van der Waals surface area contributed by atoms with Crippen molar-refractivity contribution in [3.05, 3.63) is 63.7 Å². The molecule has 2 aromatic heterocycles. The number of benzene rings is 1. The summed E-state index contributed by atoms with van der Waals surface area (Å²) in [5.41, 5.74) is 8.90. The molecule has 0 aliphatic carbocycles. The number of thiophene rings is 1. The highest BCUT2D eigenvalue weighted by atomic mass is 32.1. The van der Waals surface area contributed by atoms with Gasteiger partial charge in [-0.15, -0.1) is 16.4 Å². The van der Waals surface area contributed by atoms with Crippen molar-refractivity contribution in [2.24, 2.45) is 5.73 Å². The maximum absolute atomic E-state index is 9.61. The molecule has 0 radical (unpaired) electrons.